The summed E-state index contributed by atoms with van der Waals surface area (Å²) in [6.07, 6.45) is 5.28. The number of aromatic nitrogens is 2. The fourth-order valence-corrected chi connectivity index (χ4v) is 6.59. The number of carbonyl (C=O) groups is 8. The van der Waals surface area contributed by atoms with Gasteiger partial charge in [-0.3, -0.25) is 33.6 Å². The molecular weight excluding hydrogens is 770 g/mol. The van der Waals surface area contributed by atoms with Crippen molar-refractivity contribution >= 4 is 47.4 Å². The standard InChI is InChI=1S/C38H65N11O10/c1-21(2)30(47-32(52)24(41)13-14-29(50)51)36(56)48-31(22(3)4)37(57)49-17-9-12-28(49)35(55)46-27(18-23-19-42-20-43-23)34(54)44-25(10-5-7-15-39)33(53)45-26(38(58)59)11-6-8-16-40/h19-22,24-28,30-31H,5-18,39-41H2,1-4H3,(H,42,43)(H,44,54)(H,45,53)(H,46,55)(H,47,52)(H,48,56)(H,50,51)(H,58,59)/t24-,25-,26-,27-,28-,30-,31-/m0/s1. The molecule has 21 heteroatoms. The van der Waals surface area contributed by atoms with E-state index in [4.69, 9.17) is 22.3 Å². The second kappa shape index (κ2) is 25.4. The van der Waals surface area contributed by atoms with Crippen molar-refractivity contribution in [3.05, 3.63) is 18.2 Å². The van der Waals surface area contributed by atoms with Crippen LogP contribution in [-0.4, -0.2) is 134 Å². The van der Waals surface area contributed by atoms with Crippen LogP contribution < -0.4 is 43.8 Å². The third-order valence-corrected chi connectivity index (χ3v) is 10.1. The van der Waals surface area contributed by atoms with Crippen LogP contribution in [-0.2, 0) is 44.8 Å². The number of carbonyl (C=O) groups excluding carboxylic acids is 6. The van der Waals surface area contributed by atoms with Gasteiger partial charge in [-0.15, -0.1) is 0 Å². The molecule has 0 aliphatic carbocycles. The molecule has 1 aliphatic heterocycles. The summed E-state index contributed by atoms with van der Waals surface area (Å²) in [5.41, 5.74) is 17.5. The van der Waals surface area contributed by atoms with Crippen LogP contribution in [0, 0.1) is 11.8 Å². The highest BCUT2D eigenvalue weighted by Gasteiger charge is 2.41. The molecule has 0 bridgehead atoms. The van der Waals surface area contributed by atoms with E-state index < -0.39 is 102 Å². The largest absolute Gasteiger partial charge is 0.481 e. The van der Waals surface area contributed by atoms with Crippen LogP contribution in [0.1, 0.15) is 97.6 Å². The van der Waals surface area contributed by atoms with Gasteiger partial charge < -0.3 is 63.9 Å². The number of hydrogen-bond donors (Lipinski definition) is 11. The molecule has 1 aliphatic rings. The van der Waals surface area contributed by atoms with Gasteiger partial charge in [-0.25, -0.2) is 9.78 Å². The van der Waals surface area contributed by atoms with Crippen molar-refractivity contribution in [3.63, 3.8) is 0 Å². The summed E-state index contributed by atoms with van der Waals surface area (Å²) in [5, 5.41) is 31.9. The number of amides is 6. The van der Waals surface area contributed by atoms with Gasteiger partial charge >= 0.3 is 11.9 Å². The highest BCUT2D eigenvalue weighted by molar-refractivity contribution is 5.97. The zero-order valence-electron chi connectivity index (χ0n) is 34.5. The first-order valence-electron chi connectivity index (χ1n) is 20.3. The highest BCUT2D eigenvalue weighted by atomic mass is 16.4. The average Bonchev–Trinajstić information content (AvgIpc) is 3.89. The lowest BCUT2D eigenvalue weighted by Gasteiger charge is -2.33. The molecular formula is C38H65N11O10. The minimum atomic E-state index is -1.26. The summed E-state index contributed by atoms with van der Waals surface area (Å²) in [5.74, 6) is -7.29. The lowest BCUT2D eigenvalue weighted by atomic mass is 9.98. The number of nitrogens with two attached hydrogens (primary N) is 3. The van der Waals surface area contributed by atoms with Gasteiger partial charge in [0.1, 0.15) is 36.3 Å². The maximum absolute atomic E-state index is 14.1. The van der Waals surface area contributed by atoms with Crippen LogP contribution in [0.5, 0.6) is 0 Å². The molecule has 6 amide bonds. The number of nitrogens with zero attached hydrogens (tertiary/aromatic N) is 2. The lowest BCUT2D eigenvalue weighted by Crippen LogP contribution is -2.61. The Kier molecular flexibility index (Phi) is 21.5. The molecule has 59 heavy (non-hydrogen) atoms. The zero-order valence-corrected chi connectivity index (χ0v) is 34.5. The Morgan fingerprint density at radius 3 is 1.88 bits per heavy atom. The Bertz CT molecular complexity index is 1560. The lowest BCUT2D eigenvalue weighted by molar-refractivity contribution is -0.143. The van der Waals surface area contributed by atoms with Gasteiger partial charge in [0.25, 0.3) is 0 Å². The third-order valence-electron chi connectivity index (χ3n) is 10.1. The first kappa shape index (κ1) is 50.0. The van der Waals surface area contributed by atoms with Gasteiger partial charge in [-0.05, 0) is 82.7 Å². The summed E-state index contributed by atoms with van der Waals surface area (Å²) in [4.78, 5) is 113. The van der Waals surface area contributed by atoms with Gasteiger partial charge in [-0.2, -0.15) is 0 Å². The fourth-order valence-electron chi connectivity index (χ4n) is 6.59. The fraction of sp³-hybridized carbons (Fsp3) is 0.711. The van der Waals surface area contributed by atoms with Gasteiger partial charge in [0.15, 0.2) is 0 Å². The Hall–Kier alpha value is -5.15. The monoisotopic (exact) mass is 835 g/mol. The van der Waals surface area contributed by atoms with E-state index in [9.17, 15) is 43.5 Å². The summed E-state index contributed by atoms with van der Waals surface area (Å²) in [6, 6.07) is -8.06. The number of carboxylic acids is 2. The molecule has 1 aromatic rings. The van der Waals surface area contributed by atoms with Crippen molar-refractivity contribution in [2.45, 2.75) is 141 Å². The summed E-state index contributed by atoms with van der Waals surface area (Å²) in [7, 11) is 0. The first-order chi connectivity index (χ1) is 27.9. The van der Waals surface area contributed by atoms with E-state index >= 15 is 0 Å². The van der Waals surface area contributed by atoms with Gasteiger partial charge in [0.2, 0.25) is 35.4 Å². The number of imidazole rings is 1. The van der Waals surface area contributed by atoms with E-state index in [-0.39, 0.29) is 45.1 Å². The molecule has 1 aromatic heterocycles. The van der Waals surface area contributed by atoms with Gasteiger partial charge in [0, 0.05) is 31.3 Å². The van der Waals surface area contributed by atoms with Crippen LogP contribution in [0.3, 0.4) is 0 Å². The molecule has 0 aromatic carbocycles. The zero-order chi connectivity index (χ0) is 44.2. The maximum Gasteiger partial charge on any atom is 0.326 e. The molecule has 0 unspecified atom stereocenters. The molecule has 0 spiro atoms. The molecule has 1 fully saturated rings. The number of unbranched alkanes of at least 4 members (excludes halogenated alkanes) is 2. The topological polar surface area (TPSA) is 347 Å². The number of carboxylic acid groups (broad SMARTS) is 2. The second-order valence-corrected chi connectivity index (χ2v) is 15.6. The van der Waals surface area contributed by atoms with Crippen LogP contribution >= 0.6 is 0 Å². The minimum Gasteiger partial charge on any atom is -0.481 e. The van der Waals surface area contributed by atoms with Crippen molar-refractivity contribution in [2.24, 2.45) is 29.0 Å². The number of H-pyrrole nitrogens is 1. The van der Waals surface area contributed by atoms with E-state index in [1.165, 1.54) is 17.4 Å². The number of aliphatic carboxylic acids is 2. The molecule has 14 N–H and O–H groups in total. The van der Waals surface area contributed by atoms with Crippen molar-refractivity contribution in [2.75, 3.05) is 19.6 Å². The van der Waals surface area contributed by atoms with E-state index in [0.717, 1.165) is 0 Å². The molecule has 0 radical (unpaired) electrons. The molecule has 2 rings (SSSR count). The number of rotatable bonds is 27. The van der Waals surface area contributed by atoms with Crippen LogP contribution in [0.25, 0.3) is 0 Å². The molecule has 1 saturated heterocycles. The number of nitrogens with one attached hydrogen (secondary N) is 6. The van der Waals surface area contributed by atoms with E-state index in [1.54, 1.807) is 27.7 Å². The SMILES string of the molecule is CC(C)[C@H](NC(=O)[C@@H](N)CCC(=O)O)C(=O)N[C@H](C(=O)N1CCC[C@H]1C(=O)N[C@@H](Cc1cnc[nH]1)C(=O)N[C@@H](CCCCN)C(=O)N[C@@H](CCCCN)C(=O)O)C(C)C. The Labute approximate surface area is 344 Å². The number of hydrogen-bond acceptors (Lipinski definition) is 12. The maximum atomic E-state index is 14.1. The number of aromatic amines is 1. The summed E-state index contributed by atoms with van der Waals surface area (Å²) < 4.78 is 0. The quantitative estimate of drug-likeness (QED) is 0.0437. The van der Waals surface area contributed by atoms with E-state index in [0.29, 0.717) is 50.9 Å². The average molecular weight is 836 g/mol. The third kappa shape index (κ3) is 16.6. The Morgan fingerprint density at radius 1 is 0.763 bits per heavy atom. The van der Waals surface area contributed by atoms with Crippen molar-refractivity contribution in [1.29, 1.82) is 0 Å². The van der Waals surface area contributed by atoms with Crippen molar-refractivity contribution in [1.82, 2.24) is 41.5 Å². The van der Waals surface area contributed by atoms with Crippen molar-refractivity contribution in [3.8, 4) is 0 Å². The smallest absolute Gasteiger partial charge is 0.326 e. The van der Waals surface area contributed by atoms with E-state index in [1.807, 2.05) is 0 Å². The Morgan fingerprint density at radius 2 is 1.34 bits per heavy atom. The van der Waals surface area contributed by atoms with Crippen LogP contribution in [0.4, 0.5) is 0 Å². The normalized spacial score (nSPS) is 17.0. The first-order valence-corrected chi connectivity index (χ1v) is 20.3. The van der Waals surface area contributed by atoms with Gasteiger partial charge in [0.05, 0.1) is 12.4 Å². The molecule has 0 saturated carbocycles. The van der Waals surface area contributed by atoms with Crippen LogP contribution in [0.15, 0.2) is 12.5 Å². The predicted molar refractivity (Wildman–Crippen MR) is 215 cm³/mol. The number of likely N-dealkylation sites (tertiary alicyclic amines) is 1. The molecule has 21 nitrogen and oxygen atoms in total. The van der Waals surface area contributed by atoms with Gasteiger partial charge in [-0.1, -0.05) is 27.7 Å². The highest BCUT2D eigenvalue weighted by Crippen LogP contribution is 2.21. The Balaban J connectivity index is 2.28. The second-order valence-electron chi connectivity index (χ2n) is 15.6. The van der Waals surface area contributed by atoms with Crippen molar-refractivity contribution < 1.29 is 48.6 Å². The minimum absolute atomic E-state index is 0.0703. The van der Waals surface area contributed by atoms with Crippen LogP contribution in [0.2, 0.25) is 0 Å². The van der Waals surface area contributed by atoms with E-state index in [2.05, 4.69) is 36.6 Å². The molecule has 7 atom stereocenters. The molecule has 2 heterocycles. The predicted octanol–water partition coefficient (Wildman–Crippen LogP) is -1.79. The summed E-state index contributed by atoms with van der Waals surface area (Å²) >= 11 is 0. The summed E-state index contributed by atoms with van der Waals surface area (Å²) in [6.45, 7) is 7.65. The molecule has 332 valence electrons.